The summed E-state index contributed by atoms with van der Waals surface area (Å²) in [6.07, 6.45) is 6.98. The SMILES string of the molecule is C[C@@H]1CCC2=C3CC[C@H](C)C[C@@H]3c3c(c(=O)c3=O)[C@@H]2C1. The zero-order chi connectivity index (χ0) is 14.0. The molecule has 1 aromatic rings. The van der Waals surface area contributed by atoms with Crippen LogP contribution in [0.2, 0.25) is 0 Å². The molecule has 0 bridgehead atoms. The first kappa shape index (κ1) is 12.6. The van der Waals surface area contributed by atoms with Crippen molar-refractivity contribution in [1.82, 2.24) is 0 Å². The maximum atomic E-state index is 12.1. The van der Waals surface area contributed by atoms with Crippen LogP contribution < -0.4 is 10.9 Å². The van der Waals surface area contributed by atoms with Crippen LogP contribution in [0.5, 0.6) is 0 Å². The Morgan fingerprint density at radius 2 is 1.15 bits per heavy atom. The summed E-state index contributed by atoms with van der Waals surface area (Å²) in [5.41, 5.74) is 4.65. The summed E-state index contributed by atoms with van der Waals surface area (Å²) in [6, 6.07) is 0. The topological polar surface area (TPSA) is 34.1 Å². The summed E-state index contributed by atoms with van der Waals surface area (Å²) >= 11 is 0. The van der Waals surface area contributed by atoms with E-state index >= 15 is 0 Å². The predicted octanol–water partition coefficient (Wildman–Crippen LogP) is 3.40. The highest BCUT2D eigenvalue weighted by Gasteiger charge is 2.44. The Morgan fingerprint density at radius 1 is 0.750 bits per heavy atom. The molecule has 2 saturated carbocycles. The Hall–Kier alpha value is -1.18. The molecule has 2 nitrogen and oxygen atoms in total. The molecule has 1 aromatic carbocycles. The highest BCUT2D eigenvalue weighted by molar-refractivity contribution is 5.53. The lowest BCUT2D eigenvalue weighted by molar-refractivity contribution is 0.352. The third-order valence-corrected chi connectivity index (χ3v) is 6.03. The van der Waals surface area contributed by atoms with Crippen molar-refractivity contribution in [3.05, 3.63) is 42.7 Å². The zero-order valence-electron chi connectivity index (χ0n) is 12.4. The quantitative estimate of drug-likeness (QED) is 0.535. The van der Waals surface area contributed by atoms with Gasteiger partial charge in [0.05, 0.1) is 0 Å². The van der Waals surface area contributed by atoms with Gasteiger partial charge in [-0.15, -0.1) is 0 Å². The first-order valence-electron chi connectivity index (χ1n) is 8.12. The first-order valence-corrected chi connectivity index (χ1v) is 8.12. The summed E-state index contributed by atoms with van der Waals surface area (Å²) in [6.45, 7) is 4.56. The minimum atomic E-state index is -0.158. The Labute approximate surface area is 119 Å². The van der Waals surface area contributed by atoms with Crippen LogP contribution in [0.1, 0.15) is 75.3 Å². The van der Waals surface area contributed by atoms with Gasteiger partial charge >= 0.3 is 0 Å². The van der Waals surface area contributed by atoms with E-state index in [2.05, 4.69) is 13.8 Å². The van der Waals surface area contributed by atoms with Crippen molar-refractivity contribution in [2.45, 2.75) is 64.2 Å². The van der Waals surface area contributed by atoms with Crippen LogP contribution in [0.3, 0.4) is 0 Å². The summed E-state index contributed by atoms with van der Waals surface area (Å²) in [4.78, 5) is 24.2. The van der Waals surface area contributed by atoms with E-state index in [1.165, 1.54) is 12.8 Å². The Bertz CT molecular complexity index is 614. The summed E-state index contributed by atoms with van der Waals surface area (Å²) in [7, 11) is 0. The Morgan fingerprint density at radius 3 is 1.55 bits per heavy atom. The molecule has 2 fully saturated rings. The van der Waals surface area contributed by atoms with E-state index in [4.69, 9.17) is 0 Å². The number of hydrogen-bond acceptors (Lipinski definition) is 2. The van der Waals surface area contributed by atoms with Crippen molar-refractivity contribution in [3.63, 3.8) is 0 Å². The molecular weight excluding hydrogens is 248 g/mol. The molecule has 106 valence electrons. The van der Waals surface area contributed by atoms with E-state index in [-0.39, 0.29) is 10.9 Å². The molecule has 0 aromatic heterocycles. The van der Waals surface area contributed by atoms with Gasteiger partial charge in [0.15, 0.2) is 0 Å². The highest BCUT2D eigenvalue weighted by atomic mass is 16.2. The molecule has 2 heteroatoms. The van der Waals surface area contributed by atoms with Crippen LogP contribution in [0.15, 0.2) is 20.7 Å². The molecule has 0 amide bonds. The average Bonchev–Trinajstić information content (AvgIpc) is 2.44. The van der Waals surface area contributed by atoms with Gasteiger partial charge in [-0.25, -0.2) is 0 Å². The van der Waals surface area contributed by atoms with Gasteiger partial charge in [0.25, 0.3) is 0 Å². The molecule has 0 aliphatic heterocycles. The van der Waals surface area contributed by atoms with Gasteiger partial charge < -0.3 is 0 Å². The minimum Gasteiger partial charge on any atom is -0.285 e. The molecule has 3 aliphatic rings. The van der Waals surface area contributed by atoms with Gasteiger partial charge in [-0.2, -0.15) is 0 Å². The van der Waals surface area contributed by atoms with Gasteiger partial charge in [-0.05, 0) is 50.4 Å². The lowest BCUT2D eigenvalue weighted by Gasteiger charge is -2.43. The molecule has 4 rings (SSSR count). The Balaban J connectivity index is 1.88. The minimum absolute atomic E-state index is 0.158. The number of fused-ring (bicyclic) bond motifs is 5. The fraction of sp³-hybridized carbons (Fsp3) is 0.667. The van der Waals surface area contributed by atoms with Gasteiger partial charge in [0.1, 0.15) is 0 Å². The van der Waals surface area contributed by atoms with Crippen molar-refractivity contribution in [1.29, 1.82) is 0 Å². The largest absolute Gasteiger partial charge is 0.285 e. The molecule has 0 radical (unpaired) electrons. The summed E-state index contributed by atoms with van der Waals surface area (Å²) < 4.78 is 0. The molecule has 0 unspecified atom stereocenters. The number of rotatable bonds is 0. The second-order valence-corrected chi connectivity index (χ2v) is 7.40. The van der Waals surface area contributed by atoms with Crippen LogP contribution >= 0.6 is 0 Å². The first-order chi connectivity index (χ1) is 9.58. The van der Waals surface area contributed by atoms with Crippen molar-refractivity contribution in [3.8, 4) is 0 Å². The van der Waals surface area contributed by atoms with E-state index in [1.54, 1.807) is 11.1 Å². The van der Waals surface area contributed by atoms with E-state index in [0.717, 1.165) is 36.8 Å². The lowest BCUT2D eigenvalue weighted by atomic mass is 9.59. The van der Waals surface area contributed by atoms with E-state index in [9.17, 15) is 9.59 Å². The molecule has 0 heterocycles. The molecule has 3 aliphatic carbocycles. The van der Waals surface area contributed by atoms with Gasteiger partial charge in [-0.3, -0.25) is 9.59 Å². The maximum absolute atomic E-state index is 12.1. The van der Waals surface area contributed by atoms with Gasteiger partial charge in [0, 0.05) is 23.0 Å². The van der Waals surface area contributed by atoms with Crippen molar-refractivity contribution < 1.29 is 0 Å². The van der Waals surface area contributed by atoms with Crippen molar-refractivity contribution >= 4 is 0 Å². The monoisotopic (exact) mass is 270 g/mol. The van der Waals surface area contributed by atoms with Crippen LogP contribution in [0.25, 0.3) is 0 Å². The van der Waals surface area contributed by atoms with E-state index in [0.29, 0.717) is 23.7 Å². The van der Waals surface area contributed by atoms with E-state index < -0.39 is 0 Å². The molecule has 0 saturated heterocycles. The molecule has 0 N–H and O–H groups in total. The standard InChI is InChI=1S/C18H22O2/c1-9-3-5-11-12-6-4-10(2)8-14(12)16-15(13(11)7-9)17(19)18(16)20/h9-10,13-14H,3-8H2,1-2H3/t9-,10+,13-,14+. The third-order valence-electron chi connectivity index (χ3n) is 6.03. The lowest BCUT2D eigenvalue weighted by Crippen LogP contribution is -2.47. The molecular formula is C18H22O2. The highest BCUT2D eigenvalue weighted by Crippen LogP contribution is 2.53. The molecule has 0 spiro atoms. The maximum Gasteiger partial charge on any atom is 0.230 e. The second-order valence-electron chi connectivity index (χ2n) is 7.40. The normalized spacial score (nSPS) is 36.5. The van der Waals surface area contributed by atoms with Crippen LogP contribution in [0, 0.1) is 11.8 Å². The van der Waals surface area contributed by atoms with Crippen LogP contribution in [0.4, 0.5) is 0 Å². The smallest absolute Gasteiger partial charge is 0.230 e. The van der Waals surface area contributed by atoms with Crippen molar-refractivity contribution in [2.75, 3.05) is 0 Å². The summed E-state index contributed by atoms with van der Waals surface area (Å²) in [5.74, 6) is 1.97. The zero-order valence-corrected chi connectivity index (χ0v) is 12.4. The Kier molecular flexibility index (Phi) is 2.61. The van der Waals surface area contributed by atoms with E-state index in [1.807, 2.05) is 0 Å². The molecule has 4 atom stereocenters. The molecule has 20 heavy (non-hydrogen) atoms. The number of allylic oxidation sites excluding steroid dienone is 2. The number of hydrogen-bond donors (Lipinski definition) is 0. The second kappa shape index (κ2) is 4.16. The predicted molar refractivity (Wildman–Crippen MR) is 79.9 cm³/mol. The summed E-state index contributed by atoms with van der Waals surface area (Å²) in [5, 5.41) is 0. The fourth-order valence-electron chi connectivity index (χ4n) is 4.95. The fourth-order valence-corrected chi connectivity index (χ4v) is 4.95. The van der Waals surface area contributed by atoms with Gasteiger partial charge in [0.2, 0.25) is 10.9 Å². The van der Waals surface area contributed by atoms with Gasteiger partial charge in [-0.1, -0.05) is 25.0 Å². The average molecular weight is 270 g/mol. The van der Waals surface area contributed by atoms with Crippen LogP contribution in [-0.2, 0) is 0 Å². The van der Waals surface area contributed by atoms with Crippen LogP contribution in [-0.4, -0.2) is 0 Å². The van der Waals surface area contributed by atoms with Crippen molar-refractivity contribution in [2.24, 2.45) is 11.8 Å². The third kappa shape index (κ3) is 1.51.